The minimum atomic E-state index is -0.344. The summed E-state index contributed by atoms with van der Waals surface area (Å²) in [5.74, 6) is 1.51. The number of nitriles is 2. The highest BCUT2D eigenvalue weighted by Gasteiger charge is 2.54. The van der Waals surface area contributed by atoms with Crippen LogP contribution >= 0.6 is 22.7 Å². The molecule has 0 amide bonds. The zero-order valence-corrected chi connectivity index (χ0v) is 45.2. The van der Waals surface area contributed by atoms with Gasteiger partial charge in [0.2, 0.25) is 0 Å². The van der Waals surface area contributed by atoms with Crippen LogP contribution in [0.15, 0.2) is 241 Å². The molecule has 3 aliphatic rings. The molecule has 0 N–H and O–H groups in total. The summed E-state index contributed by atoms with van der Waals surface area (Å²) < 4.78 is 13.9. The lowest BCUT2D eigenvalue weighted by Gasteiger charge is -2.43. The maximum absolute atomic E-state index is 12.0. The maximum Gasteiger partial charge on any atom is 0.324 e. The quantitative estimate of drug-likeness (QED) is 0.0832. The van der Waals surface area contributed by atoms with E-state index in [2.05, 4.69) is 179 Å². The Morgan fingerprint density at radius 3 is 1.19 bits per heavy atom. The summed E-state index contributed by atoms with van der Waals surface area (Å²) in [7, 11) is 1.69. The number of thiazole rings is 2. The summed E-state index contributed by atoms with van der Waals surface area (Å²) in [6.07, 6.45) is 1.13. The van der Waals surface area contributed by atoms with Crippen molar-refractivity contribution >= 4 is 101 Å². The highest BCUT2D eigenvalue weighted by atomic mass is 32.1. The average molecular weight is 1060 g/mol. The largest absolute Gasteiger partial charge is 0.497 e. The average Bonchev–Trinajstić information content (AvgIpc) is 4.47. The summed E-state index contributed by atoms with van der Waals surface area (Å²) in [6, 6.07) is 80.9. The van der Waals surface area contributed by atoms with Crippen LogP contribution in [-0.2, 0) is 0 Å². The number of fused-ring (bicyclic) bond motifs is 4. The second-order valence-corrected chi connectivity index (χ2v) is 21.9. The number of ether oxygens (including phenoxy) is 2. The van der Waals surface area contributed by atoms with Gasteiger partial charge in [-0.25, -0.2) is 9.97 Å². The van der Waals surface area contributed by atoms with Crippen LogP contribution in [0.5, 0.6) is 11.5 Å². The molecule has 1 saturated carbocycles. The minimum Gasteiger partial charge on any atom is -0.497 e. The van der Waals surface area contributed by atoms with Crippen molar-refractivity contribution in [3.8, 4) is 23.6 Å². The van der Waals surface area contributed by atoms with Crippen molar-refractivity contribution < 1.29 is 9.47 Å². The first-order valence-electron chi connectivity index (χ1n) is 26.6. The molecule has 4 heterocycles. The van der Waals surface area contributed by atoms with Gasteiger partial charge in [-0.15, -0.1) is 22.7 Å². The lowest BCUT2D eigenvalue weighted by Crippen LogP contribution is -2.61. The topological polar surface area (TPSA) is 98.3 Å². The predicted molar refractivity (Wildman–Crippen MR) is 325 cm³/mol. The fourth-order valence-corrected chi connectivity index (χ4v) is 14.1. The SMILES string of the molecule is CCOc1ccc(C2=C3CC4C(=C(c5ccc(OC)cc5)/C(=C(\C#N)c5nc6ccccc6s5)N4B(c4ccccc4)c4ccccc4)CC3N(B(c3ccccc3)c3ccccc3)/C2=C(/C#N)c2nc3ccccc3s2)cc1. The normalized spacial score (nSPS) is 17.1. The van der Waals surface area contributed by atoms with E-state index < -0.39 is 0 Å². The highest BCUT2D eigenvalue weighted by Crippen LogP contribution is 2.57. The van der Waals surface area contributed by atoms with E-state index in [0.29, 0.717) is 40.6 Å². The monoisotopic (exact) mass is 1060 g/mol. The molecular weight excluding hydrogens is 1010 g/mol. The van der Waals surface area contributed by atoms with Crippen LogP contribution in [0.3, 0.4) is 0 Å². The van der Waals surface area contributed by atoms with Gasteiger partial charge in [-0.05, 0) is 90.6 Å². The van der Waals surface area contributed by atoms with Crippen LogP contribution in [0.2, 0.25) is 0 Å². The summed E-state index contributed by atoms with van der Waals surface area (Å²) in [5, 5.41) is 25.3. The Morgan fingerprint density at radius 1 is 0.494 bits per heavy atom. The zero-order valence-electron chi connectivity index (χ0n) is 43.5. The van der Waals surface area contributed by atoms with Gasteiger partial charge in [-0.1, -0.05) is 192 Å². The molecule has 8 nitrogen and oxygen atoms in total. The molecule has 10 aromatic rings. The third-order valence-electron chi connectivity index (χ3n) is 15.5. The summed E-state index contributed by atoms with van der Waals surface area (Å²) in [6.45, 7) is 1.84. The molecule has 0 bridgehead atoms. The Hall–Kier alpha value is -9.19. The lowest BCUT2D eigenvalue weighted by atomic mass is 9.47. The van der Waals surface area contributed by atoms with Crippen molar-refractivity contribution in [2.75, 3.05) is 13.7 Å². The van der Waals surface area contributed by atoms with E-state index in [9.17, 15) is 10.5 Å². The number of hydrogen-bond donors (Lipinski definition) is 0. The molecule has 378 valence electrons. The van der Waals surface area contributed by atoms with Gasteiger partial charge >= 0.3 is 13.7 Å². The van der Waals surface area contributed by atoms with E-state index in [1.165, 1.54) is 11.1 Å². The lowest BCUT2D eigenvalue weighted by molar-refractivity contribution is 0.340. The van der Waals surface area contributed by atoms with E-state index in [1.807, 2.05) is 67.6 Å². The first-order chi connectivity index (χ1) is 39.0. The third kappa shape index (κ3) is 8.90. The van der Waals surface area contributed by atoms with Crippen LogP contribution in [0, 0.1) is 22.7 Å². The van der Waals surface area contributed by atoms with Gasteiger partial charge in [0.25, 0.3) is 0 Å². The molecule has 8 aromatic carbocycles. The van der Waals surface area contributed by atoms with Gasteiger partial charge in [0.15, 0.2) is 0 Å². The number of benzene rings is 8. The van der Waals surface area contributed by atoms with Crippen LogP contribution in [0.25, 0.3) is 42.7 Å². The highest BCUT2D eigenvalue weighted by molar-refractivity contribution is 7.20. The van der Waals surface area contributed by atoms with Crippen molar-refractivity contribution in [2.45, 2.75) is 31.8 Å². The second kappa shape index (κ2) is 21.3. The summed E-state index contributed by atoms with van der Waals surface area (Å²) >= 11 is 3.11. The van der Waals surface area contributed by atoms with Crippen molar-refractivity contribution in [3.05, 3.63) is 262 Å². The maximum atomic E-state index is 12.0. The fraction of sp³-hybridized carbons (Fsp3) is 0.104. The van der Waals surface area contributed by atoms with Gasteiger partial charge < -0.3 is 19.1 Å². The van der Waals surface area contributed by atoms with Crippen LogP contribution in [0.1, 0.15) is 40.9 Å². The second-order valence-electron chi connectivity index (χ2n) is 19.8. The molecule has 0 saturated heterocycles. The summed E-state index contributed by atoms with van der Waals surface area (Å²) in [4.78, 5) is 15.6. The first kappa shape index (κ1) is 49.4. The van der Waals surface area contributed by atoms with Gasteiger partial charge in [-0.2, -0.15) is 10.5 Å². The van der Waals surface area contributed by atoms with Crippen molar-refractivity contribution in [3.63, 3.8) is 0 Å². The fourth-order valence-electron chi connectivity index (χ4n) is 12.2. The van der Waals surface area contributed by atoms with Gasteiger partial charge in [0.05, 0.1) is 45.5 Å². The van der Waals surface area contributed by atoms with Gasteiger partial charge in [0.1, 0.15) is 44.8 Å². The molecule has 0 radical (unpaired) electrons. The molecule has 1 fully saturated rings. The number of aromatic nitrogens is 2. The molecule has 12 heteroatoms. The Balaban J connectivity index is 1.16. The number of para-hydroxylation sites is 2. The molecule has 2 atom stereocenters. The third-order valence-corrected chi connectivity index (χ3v) is 17.6. The smallest absolute Gasteiger partial charge is 0.324 e. The predicted octanol–water partition coefficient (Wildman–Crippen LogP) is 12.2. The number of allylic oxidation sites excluding steroid dienone is 4. The van der Waals surface area contributed by atoms with E-state index in [4.69, 9.17) is 19.4 Å². The van der Waals surface area contributed by atoms with Crippen LogP contribution in [-0.4, -0.2) is 59.1 Å². The molecule has 2 aliphatic heterocycles. The van der Waals surface area contributed by atoms with Crippen molar-refractivity contribution in [1.29, 1.82) is 10.5 Å². The number of methoxy groups -OCH3 is 1. The van der Waals surface area contributed by atoms with Crippen LogP contribution in [0.4, 0.5) is 0 Å². The number of hydrogen-bond acceptors (Lipinski definition) is 10. The Kier molecular flexibility index (Phi) is 13.3. The molecule has 0 spiro atoms. The zero-order chi connectivity index (χ0) is 53.4. The van der Waals surface area contributed by atoms with Gasteiger partial charge in [-0.3, -0.25) is 0 Å². The number of rotatable bonds is 13. The minimum absolute atomic E-state index is 0.278. The molecule has 13 rings (SSSR count). The summed E-state index contributed by atoms with van der Waals surface area (Å²) in [5.41, 5.74) is 15.2. The van der Waals surface area contributed by atoms with E-state index in [0.717, 1.165) is 87.5 Å². The Bertz CT molecular complexity index is 3980. The van der Waals surface area contributed by atoms with E-state index >= 15 is 0 Å². The van der Waals surface area contributed by atoms with Crippen molar-refractivity contribution in [1.82, 2.24) is 19.6 Å². The van der Waals surface area contributed by atoms with E-state index in [1.54, 1.807) is 29.8 Å². The van der Waals surface area contributed by atoms with Crippen molar-refractivity contribution in [2.24, 2.45) is 0 Å². The first-order valence-corrected chi connectivity index (χ1v) is 28.3. The molecule has 2 unspecified atom stereocenters. The molecule has 1 aliphatic carbocycles. The van der Waals surface area contributed by atoms with E-state index in [-0.39, 0.29) is 25.8 Å². The van der Waals surface area contributed by atoms with Crippen LogP contribution < -0.4 is 31.3 Å². The Morgan fingerprint density at radius 2 is 0.848 bits per heavy atom. The Labute approximate surface area is 469 Å². The number of nitrogens with zero attached hydrogens (tertiary/aromatic N) is 6. The molecule has 2 aromatic heterocycles. The molecular formula is C67H50B2N6O2S2. The van der Waals surface area contributed by atoms with Gasteiger partial charge in [0, 0.05) is 23.2 Å². The standard InChI is InChI=1S/C67H50B2N6O2S2/c1-3-77-51-38-34-45(35-39-51)63-53-41-58-52(40-59(53)75(69(48-24-12-6-13-25-48)49-26-14-7-15-27-49)65(63)55(43-71)67-73-57-29-17-19-31-61(57)79-67)62(44-32-36-50(76-2)37-33-44)64(54(42-70)66-72-56-28-16-18-30-60(56)78-66)74(58)68(46-20-8-4-9-21-46)47-22-10-5-11-23-47/h4-39,58-59H,3,40-41H2,1-2H3/b64-54-,65-55-. The molecule has 79 heavy (non-hydrogen) atoms.